The van der Waals surface area contributed by atoms with Crippen molar-refractivity contribution in [3.8, 4) is 11.5 Å². The largest absolute Gasteiger partial charge is 0.454 e. The van der Waals surface area contributed by atoms with Gasteiger partial charge in [-0.15, -0.1) is 0 Å². The van der Waals surface area contributed by atoms with Crippen LogP contribution in [0.1, 0.15) is 17.5 Å². The molecule has 0 unspecified atom stereocenters. The van der Waals surface area contributed by atoms with Crippen molar-refractivity contribution in [2.45, 2.75) is 19.6 Å². The third-order valence-electron chi connectivity index (χ3n) is 3.30. The summed E-state index contributed by atoms with van der Waals surface area (Å²) in [6.07, 6.45) is 0.484. The number of nitrogens with zero attached hydrogens (tertiary/aromatic N) is 3. The average molecular weight is 291 g/mol. The van der Waals surface area contributed by atoms with Crippen molar-refractivity contribution < 1.29 is 19.5 Å². The number of aliphatic hydroxyl groups excluding tert-OH is 1. The second-order valence-electron chi connectivity index (χ2n) is 4.68. The van der Waals surface area contributed by atoms with Crippen molar-refractivity contribution in [1.29, 1.82) is 0 Å². The predicted octanol–water partition coefficient (Wildman–Crippen LogP) is 1.56. The molecule has 3 rings (SSSR count). The SMILES string of the molecule is Cc1nc([N+](=O)[O-])cn1C[C@@H](O)c1ccc2c(c1)OCO2. The van der Waals surface area contributed by atoms with E-state index in [-0.39, 0.29) is 19.2 Å². The van der Waals surface area contributed by atoms with E-state index in [2.05, 4.69) is 4.98 Å². The molecule has 8 heteroatoms. The van der Waals surface area contributed by atoms with Crippen molar-refractivity contribution in [2.75, 3.05) is 6.79 Å². The van der Waals surface area contributed by atoms with Crippen LogP contribution in [0.5, 0.6) is 11.5 Å². The van der Waals surface area contributed by atoms with Crippen LogP contribution in [0.4, 0.5) is 5.82 Å². The normalized spacial score (nSPS) is 14.2. The molecular formula is C13H13N3O5. The molecule has 110 valence electrons. The highest BCUT2D eigenvalue weighted by atomic mass is 16.7. The fourth-order valence-corrected chi connectivity index (χ4v) is 2.18. The minimum absolute atomic E-state index is 0.168. The molecule has 1 atom stereocenters. The molecule has 0 bridgehead atoms. The molecule has 0 spiro atoms. The minimum atomic E-state index is -0.827. The quantitative estimate of drug-likeness (QED) is 0.678. The van der Waals surface area contributed by atoms with E-state index in [4.69, 9.17) is 9.47 Å². The lowest BCUT2D eigenvalue weighted by Crippen LogP contribution is -2.09. The van der Waals surface area contributed by atoms with Gasteiger partial charge >= 0.3 is 5.82 Å². The number of aliphatic hydroxyl groups is 1. The molecule has 1 aromatic carbocycles. The second-order valence-corrected chi connectivity index (χ2v) is 4.68. The average Bonchev–Trinajstić information content (AvgIpc) is 3.05. The molecule has 1 aliphatic heterocycles. The Morgan fingerprint density at radius 1 is 1.48 bits per heavy atom. The summed E-state index contributed by atoms with van der Waals surface area (Å²) in [6, 6.07) is 5.16. The number of hydrogen-bond donors (Lipinski definition) is 1. The van der Waals surface area contributed by atoms with Crippen LogP contribution in [-0.4, -0.2) is 26.4 Å². The highest BCUT2D eigenvalue weighted by molar-refractivity contribution is 5.45. The topological polar surface area (TPSA) is 99.7 Å². The molecule has 0 saturated heterocycles. The molecule has 2 heterocycles. The highest BCUT2D eigenvalue weighted by Gasteiger charge is 2.20. The maximum absolute atomic E-state index is 10.7. The third kappa shape index (κ3) is 2.52. The van der Waals surface area contributed by atoms with Crippen LogP contribution in [0.15, 0.2) is 24.4 Å². The van der Waals surface area contributed by atoms with Crippen molar-refractivity contribution in [3.63, 3.8) is 0 Å². The fourth-order valence-electron chi connectivity index (χ4n) is 2.18. The number of benzene rings is 1. The van der Waals surface area contributed by atoms with Crippen molar-refractivity contribution in [3.05, 3.63) is 45.9 Å². The molecule has 0 amide bonds. The molecule has 0 saturated carbocycles. The Bertz CT molecular complexity index is 697. The zero-order valence-corrected chi connectivity index (χ0v) is 11.2. The van der Waals surface area contributed by atoms with Gasteiger partial charge in [0.1, 0.15) is 6.20 Å². The summed E-state index contributed by atoms with van der Waals surface area (Å²) in [5, 5.41) is 20.9. The zero-order chi connectivity index (χ0) is 15.0. The Morgan fingerprint density at radius 3 is 2.95 bits per heavy atom. The predicted molar refractivity (Wildman–Crippen MR) is 71.1 cm³/mol. The first kappa shape index (κ1) is 13.4. The van der Waals surface area contributed by atoms with Crippen LogP contribution in [-0.2, 0) is 6.54 Å². The van der Waals surface area contributed by atoms with Gasteiger partial charge in [0.25, 0.3) is 0 Å². The van der Waals surface area contributed by atoms with E-state index in [1.165, 1.54) is 6.20 Å². The Hall–Kier alpha value is -2.61. The number of fused-ring (bicyclic) bond motifs is 1. The molecule has 1 aliphatic rings. The standard InChI is InChI=1S/C13H13N3O5/c1-8-14-13(16(18)19)6-15(8)5-10(17)9-2-3-11-12(4-9)21-7-20-11/h2-4,6,10,17H,5,7H2,1H3/t10-/m1/s1. The molecule has 21 heavy (non-hydrogen) atoms. The van der Waals surface area contributed by atoms with Gasteiger partial charge in [0, 0.05) is 6.92 Å². The van der Waals surface area contributed by atoms with Crippen LogP contribution in [0.25, 0.3) is 0 Å². The number of nitro groups is 1. The molecule has 0 fully saturated rings. The van der Waals surface area contributed by atoms with Gasteiger partial charge in [-0.1, -0.05) is 6.07 Å². The Kier molecular flexibility index (Phi) is 3.22. The van der Waals surface area contributed by atoms with E-state index >= 15 is 0 Å². The van der Waals surface area contributed by atoms with E-state index < -0.39 is 11.0 Å². The maximum atomic E-state index is 10.7. The van der Waals surface area contributed by atoms with Gasteiger partial charge in [-0.3, -0.25) is 0 Å². The van der Waals surface area contributed by atoms with Gasteiger partial charge in [0.05, 0.1) is 12.6 Å². The van der Waals surface area contributed by atoms with E-state index in [0.717, 1.165) is 0 Å². The Labute approximate surface area is 119 Å². The summed E-state index contributed by atoms with van der Waals surface area (Å²) in [5.74, 6) is 1.46. The van der Waals surface area contributed by atoms with Crippen LogP contribution < -0.4 is 9.47 Å². The Balaban J connectivity index is 1.80. The molecule has 0 aliphatic carbocycles. The number of aryl methyl sites for hydroxylation is 1. The lowest BCUT2D eigenvalue weighted by molar-refractivity contribution is -0.389. The summed E-state index contributed by atoms with van der Waals surface area (Å²) < 4.78 is 12.0. The van der Waals surface area contributed by atoms with Gasteiger partial charge < -0.3 is 29.3 Å². The maximum Gasteiger partial charge on any atom is 0.381 e. The summed E-state index contributed by atoms with van der Waals surface area (Å²) >= 11 is 0. The van der Waals surface area contributed by atoms with E-state index in [1.807, 2.05) is 0 Å². The molecule has 1 aromatic heterocycles. The van der Waals surface area contributed by atoms with Crippen LogP contribution in [0.2, 0.25) is 0 Å². The number of hydrogen-bond acceptors (Lipinski definition) is 6. The molecule has 0 radical (unpaired) electrons. The Morgan fingerprint density at radius 2 is 2.24 bits per heavy atom. The molecule has 2 aromatic rings. The lowest BCUT2D eigenvalue weighted by atomic mass is 10.1. The van der Waals surface area contributed by atoms with Crippen molar-refractivity contribution in [2.24, 2.45) is 0 Å². The van der Waals surface area contributed by atoms with Crippen LogP contribution in [0, 0.1) is 17.0 Å². The van der Waals surface area contributed by atoms with E-state index in [1.54, 1.807) is 29.7 Å². The number of ether oxygens (including phenoxy) is 2. The number of imidazole rings is 1. The fraction of sp³-hybridized carbons (Fsp3) is 0.308. The first-order valence-corrected chi connectivity index (χ1v) is 6.30. The summed E-state index contributed by atoms with van der Waals surface area (Å²) in [4.78, 5) is 14.0. The number of aromatic nitrogens is 2. The second kappa shape index (κ2) is 5.06. The van der Waals surface area contributed by atoms with E-state index in [9.17, 15) is 15.2 Å². The van der Waals surface area contributed by atoms with Crippen LogP contribution in [0.3, 0.4) is 0 Å². The molecular weight excluding hydrogens is 278 g/mol. The van der Waals surface area contributed by atoms with Crippen LogP contribution >= 0.6 is 0 Å². The minimum Gasteiger partial charge on any atom is -0.454 e. The lowest BCUT2D eigenvalue weighted by Gasteiger charge is -2.12. The van der Waals surface area contributed by atoms with Gasteiger partial charge in [0.15, 0.2) is 11.5 Å². The molecule has 1 N–H and O–H groups in total. The summed E-state index contributed by atoms with van der Waals surface area (Å²) in [6.45, 7) is 1.99. The first-order valence-electron chi connectivity index (χ1n) is 6.30. The zero-order valence-electron chi connectivity index (χ0n) is 11.2. The first-order chi connectivity index (χ1) is 10.0. The number of rotatable bonds is 4. The summed E-state index contributed by atoms with van der Waals surface area (Å²) in [7, 11) is 0. The highest BCUT2D eigenvalue weighted by Crippen LogP contribution is 2.34. The smallest absolute Gasteiger partial charge is 0.381 e. The molecule has 8 nitrogen and oxygen atoms in total. The van der Waals surface area contributed by atoms with Gasteiger partial charge in [-0.25, -0.2) is 0 Å². The van der Waals surface area contributed by atoms with Crippen molar-refractivity contribution >= 4 is 5.82 Å². The van der Waals surface area contributed by atoms with Gasteiger partial charge in [-0.2, -0.15) is 0 Å². The third-order valence-corrected chi connectivity index (χ3v) is 3.30. The van der Waals surface area contributed by atoms with Crippen molar-refractivity contribution in [1.82, 2.24) is 9.55 Å². The monoisotopic (exact) mass is 291 g/mol. The van der Waals surface area contributed by atoms with Gasteiger partial charge in [0.2, 0.25) is 12.6 Å². The van der Waals surface area contributed by atoms with E-state index in [0.29, 0.717) is 22.9 Å². The van der Waals surface area contributed by atoms with Gasteiger partial charge in [-0.05, 0) is 27.6 Å². The summed E-state index contributed by atoms with van der Waals surface area (Å²) in [5.41, 5.74) is 0.648.